The zero-order valence-corrected chi connectivity index (χ0v) is 23.0. The van der Waals surface area contributed by atoms with Crippen LogP contribution < -0.4 is 9.47 Å². The molecule has 1 heterocycles. The van der Waals surface area contributed by atoms with Gasteiger partial charge in [-0.05, 0) is 49.2 Å². The molecule has 0 atom stereocenters. The van der Waals surface area contributed by atoms with E-state index in [9.17, 15) is 4.79 Å². The molecule has 0 aliphatic heterocycles. The van der Waals surface area contributed by atoms with E-state index in [4.69, 9.17) is 19.2 Å². The lowest BCUT2D eigenvalue weighted by atomic mass is 10.1. The van der Waals surface area contributed by atoms with Gasteiger partial charge in [0, 0.05) is 31.3 Å². The standard InChI is InChI=1S/C32H37N3O4/c1-4-6-19-35-28(21-33-31(35)26-11-8-7-9-12-26)23-34(22-25-15-17-29(18-16-25)38-5-2)32(36)27-13-10-14-30(20-27)39-24-37-3/h7-18,20-21H,4-6,19,22-24H2,1-3H3. The van der Waals surface area contributed by atoms with Crippen molar-refractivity contribution < 1.29 is 19.0 Å². The third-order valence-electron chi connectivity index (χ3n) is 6.38. The summed E-state index contributed by atoms with van der Waals surface area (Å²) in [6.07, 6.45) is 3.98. The number of rotatable bonds is 14. The van der Waals surface area contributed by atoms with Crippen LogP contribution in [0.25, 0.3) is 11.4 Å². The molecule has 1 amide bonds. The van der Waals surface area contributed by atoms with Crippen LogP contribution in [0, 0.1) is 0 Å². The first-order valence-corrected chi connectivity index (χ1v) is 13.5. The van der Waals surface area contributed by atoms with Crippen molar-refractivity contribution in [2.75, 3.05) is 20.5 Å². The Morgan fingerprint density at radius 3 is 2.41 bits per heavy atom. The molecule has 4 aromatic rings. The molecule has 0 aliphatic carbocycles. The highest BCUT2D eigenvalue weighted by atomic mass is 16.7. The highest BCUT2D eigenvalue weighted by Crippen LogP contribution is 2.24. The van der Waals surface area contributed by atoms with Crippen LogP contribution in [-0.4, -0.2) is 40.9 Å². The smallest absolute Gasteiger partial charge is 0.254 e. The van der Waals surface area contributed by atoms with Crippen LogP contribution in [0.1, 0.15) is 48.3 Å². The van der Waals surface area contributed by atoms with Crippen LogP contribution in [0.5, 0.6) is 11.5 Å². The van der Waals surface area contributed by atoms with Crippen molar-refractivity contribution in [2.45, 2.75) is 46.3 Å². The number of methoxy groups -OCH3 is 1. The maximum Gasteiger partial charge on any atom is 0.254 e. The fourth-order valence-corrected chi connectivity index (χ4v) is 4.42. The van der Waals surface area contributed by atoms with Gasteiger partial charge in [-0.1, -0.05) is 61.9 Å². The molecule has 0 N–H and O–H groups in total. The summed E-state index contributed by atoms with van der Waals surface area (Å²) in [7, 11) is 1.57. The molecule has 4 rings (SSSR count). The van der Waals surface area contributed by atoms with Gasteiger partial charge < -0.3 is 23.7 Å². The summed E-state index contributed by atoms with van der Waals surface area (Å²) in [5, 5.41) is 0. The van der Waals surface area contributed by atoms with Crippen molar-refractivity contribution in [1.29, 1.82) is 0 Å². The monoisotopic (exact) mass is 527 g/mol. The first-order chi connectivity index (χ1) is 19.1. The molecule has 1 aromatic heterocycles. The van der Waals surface area contributed by atoms with Gasteiger partial charge in [0.25, 0.3) is 5.91 Å². The van der Waals surface area contributed by atoms with Gasteiger partial charge in [0.15, 0.2) is 6.79 Å². The molecule has 0 saturated carbocycles. The maximum absolute atomic E-state index is 13.9. The van der Waals surface area contributed by atoms with E-state index in [0.29, 0.717) is 31.0 Å². The molecule has 0 aliphatic rings. The number of carbonyl (C=O) groups excluding carboxylic acids is 1. The molecule has 3 aromatic carbocycles. The summed E-state index contributed by atoms with van der Waals surface area (Å²) in [5.74, 6) is 2.23. The van der Waals surface area contributed by atoms with Gasteiger partial charge in [0.05, 0.1) is 25.0 Å². The number of amides is 1. The number of imidazole rings is 1. The minimum atomic E-state index is -0.0868. The summed E-state index contributed by atoms with van der Waals surface area (Å²) >= 11 is 0. The van der Waals surface area contributed by atoms with Crippen LogP contribution in [-0.2, 0) is 24.4 Å². The first kappa shape index (κ1) is 27.9. The van der Waals surface area contributed by atoms with Crippen LogP contribution in [0.4, 0.5) is 0 Å². The number of unbranched alkanes of at least 4 members (excludes halogenated alkanes) is 1. The Bertz CT molecular complexity index is 1320. The lowest BCUT2D eigenvalue weighted by molar-refractivity contribution is 0.0508. The van der Waals surface area contributed by atoms with Gasteiger partial charge in [-0.25, -0.2) is 4.98 Å². The van der Waals surface area contributed by atoms with E-state index in [1.165, 1.54) is 0 Å². The normalized spacial score (nSPS) is 10.8. The largest absolute Gasteiger partial charge is 0.494 e. The molecule has 204 valence electrons. The lowest BCUT2D eigenvalue weighted by Gasteiger charge is -2.24. The third kappa shape index (κ3) is 7.48. The van der Waals surface area contributed by atoms with Crippen LogP contribution in [0.3, 0.4) is 0 Å². The number of carbonyl (C=O) groups is 1. The van der Waals surface area contributed by atoms with Gasteiger partial charge in [0.2, 0.25) is 0 Å². The summed E-state index contributed by atoms with van der Waals surface area (Å²) in [6.45, 7) is 6.56. The predicted molar refractivity (Wildman–Crippen MR) is 153 cm³/mol. The highest BCUT2D eigenvalue weighted by molar-refractivity contribution is 5.94. The second-order valence-corrected chi connectivity index (χ2v) is 9.26. The predicted octanol–water partition coefficient (Wildman–Crippen LogP) is 6.57. The van der Waals surface area contributed by atoms with Gasteiger partial charge >= 0.3 is 0 Å². The topological polar surface area (TPSA) is 65.8 Å². The SMILES string of the molecule is CCCCn1c(CN(Cc2ccc(OCC)cc2)C(=O)c2cccc(OCOC)c2)cnc1-c1ccccc1. The molecule has 7 nitrogen and oxygen atoms in total. The average Bonchev–Trinajstić information content (AvgIpc) is 3.38. The minimum absolute atomic E-state index is 0.0868. The number of ether oxygens (including phenoxy) is 3. The summed E-state index contributed by atoms with van der Waals surface area (Å²) in [6, 6.07) is 25.3. The molecule has 0 bridgehead atoms. The Hall–Kier alpha value is -4.10. The number of nitrogens with zero attached hydrogens (tertiary/aromatic N) is 3. The molecule has 0 fully saturated rings. The van der Waals surface area contributed by atoms with Gasteiger partial charge in [-0.3, -0.25) is 4.79 Å². The second-order valence-electron chi connectivity index (χ2n) is 9.26. The summed E-state index contributed by atoms with van der Waals surface area (Å²) in [5.41, 5.74) is 3.62. The molecule has 7 heteroatoms. The Kier molecular flexibility index (Phi) is 10.1. The van der Waals surface area contributed by atoms with Crippen molar-refractivity contribution >= 4 is 5.91 Å². The summed E-state index contributed by atoms with van der Waals surface area (Å²) < 4.78 is 18.5. The molecular weight excluding hydrogens is 490 g/mol. The van der Waals surface area contributed by atoms with Crippen molar-refractivity contribution in [3.8, 4) is 22.9 Å². The molecular formula is C32H37N3O4. The van der Waals surface area contributed by atoms with E-state index in [1.807, 2.05) is 78.7 Å². The third-order valence-corrected chi connectivity index (χ3v) is 6.38. The average molecular weight is 528 g/mol. The fraction of sp³-hybridized carbons (Fsp3) is 0.312. The number of benzene rings is 3. The van der Waals surface area contributed by atoms with Crippen LogP contribution in [0.15, 0.2) is 85.1 Å². The lowest BCUT2D eigenvalue weighted by Crippen LogP contribution is -2.31. The quantitative estimate of drug-likeness (QED) is 0.173. The van der Waals surface area contributed by atoms with E-state index < -0.39 is 0 Å². The molecule has 0 unspecified atom stereocenters. The highest BCUT2D eigenvalue weighted by Gasteiger charge is 2.21. The van der Waals surface area contributed by atoms with Crippen molar-refractivity contribution in [3.05, 3.63) is 102 Å². The van der Waals surface area contributed by atoms with E-state index in [2.05, 4.69) is 23.6 Å². The van der Waals surface area contributed by atoms with E-state index in [1.54, 1.807) is 13.2 Å². The molecule has 0 radical (unpaired) electrons. The second kappa shape index (κ2) is 14.2. The van der Waals surface area contributed by atoms with Crippen molar-refractivity contribution in [1.82, 2.24) is 14.5 Å². The fourth-order valence-electron chi connectivity index (χ4n) is 4.42. The van der Waals surface area contributed by atoms with E-state index >= 15 is 0 Å². The molecule has 0 saturated heterocycles. The van der Waals surface area contributed by atoms with E-state index in [0.717, 1.165) is 47.8 Å². The minimum Gasteiger partial charge on any atom is -0.494 e. The van der Waals surface area contributed by atoms with Crippen LogP contribution >= 0.6 is 0 Å². The van der Waals surface area contributed by atoms with Crippen molar-refractivity contribution in [2.24, 2.45) is 0 Å². The zero-order valence-electron chi connectivity index (χ0n) is 23.0. The Balaban J connectivity index is 1.67. The Labute approximate surface area is 231 Å². The number of hydrogen-bond acceptors (Lipinski definition) is 5. The van der Waals surface area contributed by atoms with Crippen LogP contribution in [0.2, 0.25) is 0 Å². The number of aromatic nitrogens is 2. The molecule has 0 spiro atoms. The van der Waals surface area contributed by atoms with Gasteiger partial charge in [-0.2, -0.15) is 0 Å². The zero-order chi connectivity index (χ0) is 27.5. The van der Waals surface area contributed by atoms with E-state index in [-0.39, 0.29) is 12.7 Å². The Morgan fingerprint density at radius 1 is 0.897 bits per heavy atom. The maximum atomic E-state index is 13.9. The molecule has 39 heavy (non-hydrogen) atoms. The van der Waals surface area contributed by atoms with Crippen molar-refractivity contribution in [3.63, 3.8) is 0 Å². The Morgan fingerprint density at radius 2 is 1.69 bits per heavy atom. The summed E-state index contributed by atoms with van der Waals surface area (Å²) in [4.78, 5) is 20.6. The first-order valence-electron chi connectivity index (χ1n) is 13.5. The number of hydrogen-bond donors (Lipinski definition) is 0. The van der Waals surface area contributed by atoms with Gasteiger partial charge in [0.1, 0.15) is 17.3 Å². The van der Waals surface area contributed by atoms with Gasteiger partial charge in [-0.15, -0.1) is 0 Å².